The highest BCUT2D eigenvalue weighted by Crippen LogP contribution is 2.11. The van der Waals surface area contributed by atoms with Gasteiger partial charge in [-0.3, -0.25) is 9.78 Å². The predicted molar refractivity (Wildman–Crippen MR) is 80.4 cm³/mol. The van der Waals surface area contributed by atoms with Gasteiger partial charge in [0.2, 0.25) is 5.82 Å². The molecule has 0 bridgehead atoms. The maximum absolute atomic E-state index is 12.3. The van der Waals surface area contributed by atoms with Crippen molar-refractivity contribution in [3.63, 3.8) is 0 Å². The number of aryl methyl sites for hydroxylation is 2. The lowest BCUT2D eigenvalue weighted by atomic mass is 10.1. The number of nitrogens with one attached hydrogen (secondary N) is 1. The molecule has 0 fully saturated rings. The van der Waals surface area contributed by atoms with Gasteiger partial charge >= 0.3 is 0 Å². The van der Waals surface area contributed by atoms with Crippen LogP contribution in [0.5, 0.6) is 0 Å². The Morgan fingerprint density at radius 3 is 2.68 bits per heavy atom. The fourth-order valence-corrected chi connectivity index (χ4v) is 2.26. The van der Waals surface area contributed by atoms with Gasteiger partial charge in [0.05, 0.1) is 6.04 Å². The van der Waals surface area contributed by atoms with Gasteiger partial charge in [-0.15, -0.1) is 5.10 Å². The van der Waals surface area contributed by atoms with Crippen LogP contribution in [0.2, 0.25) is 0 Å². The molecule has 3 heterocycles. The van der Waals surface area contributed by atoms with Crippen molar-refractivity contribution in [3.8, 4) is 0 Å². The van der Waals surface area contributed by atoms with Crippen LogP contribution in [0.25, 0.3) is 5.78 Å². The molecule has 7 heteroatoms. The lowest BCUT2D eigenvalue weighted by molar-refractivity contribution is 0.0929. The lowest BCUT2D eigenvalue weighted by Crippen LogP contribution is -2.27. The number of nitrogens with zero attached hydrogens (tertiary/aromatic N) is 5. The van der Waals surface area contributed by atoms with Crippen molar-refractivity contribution < 1.29 is 4.79 Å². The van der Waals surface area contributed by atoms with E-state index in [1.807, 2.05) is 39.0 Å². The van der Waals surface area contributed by atoms with Gasteiger partial charge in [-0.2, -0.15) is 4.98 Å². The average molecular weight is 296 g/mol. The molecule has 0 saturated heterocycles. The molecule has 0 radical (unpaired) electrons. The summed E-state index contributed by atoms with van der Waals surface area (Å²) in [5.74, 6) is 0.216. The molecule has 0 saturated carbocycles. The summed E-state index contributed by atoms with van der Waals surface area (Å²) in [6.45, 7) is 5.68. The van der Waals surface area contributed by atoms with Gasteiger partial charge < -0.3 is 5.32 Å². The van der Waals surface area contributed by atoms with Crippen LogP contribution in [0, 0.1) is 13.8 Å². The Balaban J connectivity index is 1.85. The van der Waals surface area contributed by atoms with E-state index in [0.29, 0.717) is 5.78 Å². The summed E-state index contributed by atoms with van der Waals surface area (Å²) in [6, 6.07) is 5.45. The third-order valence-corrected chi connectivity index (χ3v) is 3.38. The van der Waals surface area contributed by atoms with Crippen LogP contribution in [-0.2, 0) is 0 Å². The van der Waals surface area contributed by atoms with Crippen LogP contribution in [0.3, 0.4) is 0 Å². The number of rotatable bonds is 3. The van der Waals surface area contributed by atoms with Crippen molar-refractivity contribution in [2.75, 3.05) is 0 Å². The maximum Gasteiger partial charge on any atom is 0.291 e. The van der Waals surface area contributed by atoms with Gasteiger partial charge in [0.25, 0.3) is 11.7 Å². The Bertz CT molecular complexity index is 827. The van der Waals surface area contributed by atoms with Crippen LogP contribution in [0.4, 0.5) is 0 Å². The summed E-state index contributed by atoms with van der Waals surface area (Å²) in [4.78, 5) is 24.7. The van der Waals surface area contributed by atoms with E-state index in [1.54, 1.807) is 16.9 Å². The lowest BCUT2D eigenvalue weighted by Gasteiger charge is -2.12. The monoisotopic (exact) mass is 296 g/mol. The summed E-state index contributed by atoms with van der Waals surface area (Å²) >= 11 is 0. The largest absolute Gasteiger partial charge is 0.343 e. The Kier molecular flexibility index (Phi) is 3.54. The topological polar surface area (TPSA) is 85.1 Å². The van der Waals surface area contributed by atoms with E-state index >= 15 is 0 Å². The van der Waals surface area contributed by atoms with Crippen LogP contribution >= 0.6 is 0 Å². The Morgan fingerprint density at radius 2 is 1.95 bits per heavy atom. The summed E-state index contributed by atoms with van der Waals surface area (Å²) in [7, 11) is 0. The van der Waals surface area contributed by atoms with Crippen LogP contribution < -0.4 is 5.32 Å². The van der Waals surface area contributed by atoms with E-state index in [2.05, 4.69) is 25.4 Å². The van der Waals surface area contributed by atoms with Crippen molar-refractivity contribution in [1.29, 1.82) is 0 Å². The minimum Gasteiger partial charge on any atom is -0.343 e. The molecule has 22 heavy (non-hydrogen) atoms. The number of aromatic nitrogens is 5. The number of pyridine rings is 1. The SMILES string of the molecule is Cc1cc(C)n2nc(C(=O)NC(C)c3ccncc3)nc2n1. The molecule has 3 aromatic rings. The minimum absolute atomic E-state index is 0.113. The van der Waals surface area contributed by atoms with Gasteiger partial charge in [-0.05, 0) is 44.5 Å². The molecule has 3 rings (SSSR count). The average Bonchev–Trinajstić information content (AvgIpc) is 2.92. The Labute approximate surface area is 127 Å². The smallest absolute Gasteiger partial charge is 0.291 e. The second-order valence-electron chi connectivity index (χ2n) is 5.16. The van der Waals surface area contributed by atoms with Gasteiger partial charge in [-0.1, -0.05) is 0 Å². The van der Waals surface area contributed by atoms with E-state index < -0.39 is 0 Å². The second kappa shape index (κ2) is 5.51. The van der Waals surface area contributed by atoms with Gasteiger partial charge in [-0.25, -0.2) is 9.50 Å². The van der Waals surface area contributed by atoms with E-state index in [9.17, 15) is 4.79 Å². The van der Waals surface area contributed by atoms with Crippen molar-refractivity contribution >= 4 is 11.7 Å². The fourth-order valence-electron chi connectivity index (χ4n) is 2.26. The highest BCUT2D eigenvalue weighted by molar-refractivity contribution is 5.91. The number of amides is 1. The van der Waals surface area contributed by atoms with Crippen molar-refractivity contribution in [2.24, 2.45) is 0 Å². The van der Waals surface area contributed by atoms with Gasteiger partial charge in [0.1, 0.15) is 0 Å². The number of carbonyl (C=O) groups is 1. The van der Waals surface area contributed by atoms with Crippen LogP contribution in [-0.4, -0.2) is 30.5 Å². The van der Waals surface area contributed by atoms with Crippen molar-refractivity contribution in [3.05, 3.63) is 53.4 Å². The number of carbonyl (C=O) groups excluding carboxylic acids is 1. The molecule has 0 spiro atoms. The standard InChI is InChI=1S/C15H16N6O/c1-9-8-10(2)21-15(17-9)19-13(20-21)14(22)18-11(3)12-4-6-16-7-5-12/h4-8,11H,1-3H3,(H,18,22). The highest BCUT2D eigenvalue weighted by atomic mass is 16.2. The molecule has 0 aliphatic carbocycles. The first-order valence-corrected chi connectivity index (χ1v) is 6.96. The molecule has 3 aromatic heterocycles. The molecule has 1 unspecified atom stereocenters. The molecule has 0 aliphatic rings. The maximum atomic E-state index is 12.3. The van der Waals surface area contributed by atoms with E-state index in [0.717, 1.165) is 17.0 Å². The van der Waals surface area contributed by atoms with Gasteiger partial charge in [0, 0.05) is 23.8 Å². The summed E-state index contributed by atoms with van der Waals surface area (Å²) in [5.41, 5.74) is 2.70. The zero-order valence-electron chi connectivity index (χ0n) is 12.6. The van der Waals surface area contributed by atoms with E-state index in [1.165, 1.54) is 0 Å². The highest BCUT2D eigenvalue weighted by Gasteiger charge is 2.17. The van der Waals surface area contributed by atoms with E-state index in [-0.39, 0.29) is 17.8 Å². The van der Waals surface area contributed by atoms with E-state index in [4.69, 9.17) is 0 Å². The first-order chi connectivity index (χ1) is 10.5. The third-order valence-electron chi connectivity index (χ3n) is 3.38. The Hall–Kier alpha value is -2.83. The number of hydrogen-bond acceptors (Lipinski definition) is 5. The molecule has 7 nitrogen and oxygen atoms in total. The molecule has 1 atom stereocenters. The predicted octanol–water partition coefficient (Wildman–Crippen LogP) is 1.63. The molecule has 0 aliphatic heterocycles. The number of hydrogen-bond donors (Lipinski definition) is 1. The molecular weight excluding hydrogens is 280 g/mol. The zero-order chi connectivity index (χ0) is 15.7. The zero-order valence-corrected chi connectivity index (χ0v) is 12.6. The van der Waals surface area contributed by atoms with Crippen LogP contribution in [0.15, 0.2) is 30.6 Å². The molecular formula is C15H16N6O. The summed E-state index contributed by atoms with van der Waals surface area (Å²) in [6.07, 6.45) is 3.38. The number of fused-ring (bicyclic) bond motifs is 1. The first kappa shape index (κ1) is 14.1. The van der Waals surface area contributed by atoms with Crippen LogP contribution in [0.1, 0.15) is 40.5 Å². The van der Waals surface area contributed by atoms with Crippen molar-refractivity contribution in [1.82, 2.24) is 29.9 Å². The Morgan fingerprint density at radius 1 is 1.23 bits per heavy atom. The summed E-state index contributed by atoms with van der Waals surface area (Å²) in [5, 5.41) is 7.09. The normalized spacial score (nSPS) is 12.3. The first-order valence-electron chi connectivity index (χ1n) is 6.96. The fraction of sp³-hybridized carbons (Fsp3) is 0.267. The third kappa shape index (κ3) is 2.65. The minimum atomic E-state index is -0.327. The molecule has 0 aromatic carbocycles. The quantitative estimate of drug-likeness (QED) is 0.794. The van der Waals surface area contributed by atoms with Gasteiger partial charge in [0.15, 0.2) is 0 Å². The second-order valence-corrected chi connectivity index (χ2v) is 5.16. The molecule has 112 valence electrons. The van der Waals surface area contributed by atoms with Crippen molar-refractivity contribution in [2.45, 2.75) is 26.8 Å². The molecule has 1 amide bonds. The summed E-state index contributed by atoms with van der Waals surface area (Å²) < 4.78 is 1.57. The molecule has 1 N–H and O–H groups in total.